The van der Waals surface area contributed by atoms with E-state index in [-0.39, 0.29) is 0 Å². The van der Waals surface area contributed by atoms with Gasteiger partial charge in [0.05, 0.1) is 17.1 Å². The third-order valence-corrected chi connectivity index (χ3v) is 4.33. The Hall–Kier alpha value is -3.87. The van der Waals surface area contributed by atoms with Crippen LogP contribution in [0.4, 0.5) is 17.2 Å². The first-order valence-corrected chi connectivity index (χ1v) is 8.16. The molecule has 2 aromatic carbocycles. The molecule has 0 aliphatic carbocycles. The minimum atomic E-state index is 0.721. The molecule has 5 rings (SSSR count). The number of rotatable bonds is 3. The lowest BCUT2D eigenvalue weighted by Gasteiger charge is -2.06. The Kier molecular flexibility index (Phi) is 3.11. The van der Waals surface area contributed by atoms with Crippen LogP contribution in [-0.2, 0) is 0 Å². The molecule has 0 aliphatic rings. The summed E-state index contributed by atoms with van der Waals surface area (Å²) < 4.78 is 0. The first-order valence-electron chi connectivity index (χ1n) is 8.16. The smallest absolute Gasteiger partial charge is 0.143 e. The van der Waals surface area contributed by atoms with Crippen molar-refractivity contribution in [2.24, 2.45) is 0 Å². The summed E-state index contributed by atoms with van der Waals surface area (Å²) in [6.07, 6.45) is 3.34. The number of nitrogen functional groups attached to an aromatic ring is 1. The standard InChI is InChI=1S/C19H15N7/c20-13-3-1-2-11(6-13)16-8-15-18(21-10-22-19(15)25-16)24-14-5-4-12-9-23-26-17(12)7-14/h1-10H,20H2,(H,23,26)(H2,21,22,24,25). The molecule has 0 saturated carbocycles. The number of anilines is 3. The number of H-pyrrole nitrogens is 2. The van der Waals surface area contributed by atoms with Crippen LogP contribution in [0.15, 0.2) is 61.1 Å². The molecular weight excluding hydrogens is 326 g/mol. The maximum atomic E-state index is 5.90. The highest BCUT2D eigenvalue weighted by atomic mass is 15.1. The van der Waals surface area contributed by atoms with Gasteiger partial charge in [0.1, 0.15) is 17.8 Å². The summed E-state index contributed by atoms with van der Waals surface area (Å²) in [5.41, 5.74) is 11.2. The summed E-state index contributed by atoms with van der Waals surface area (Å²) in [5, 5.41) is 12.4. The van der Waals surface area contributed by atoms with Gasteiger partial charge < -0.3 is 16.0 Å². The molecule has 26 heavy (non-hydrogen) atoms. The monoisotopic (exact) mass is 341 g/mol. The van der Waals surface area contributed by atoms with Crippen molar-refractivity contribution in [1.29, 1.82) is 0 Å². The fraction of sp³-hybridized carbons (Fsp3) is 0. The first kappa shape index (κ1) is 14.5. The minimum Gasteiger partial charge on any atom is -0.399 e. The van der Waals surface area contributed by atoms with Gasteiger partial charge >= 0.3 is 0 Å². The van der Waals surface area contributed by atoms with Crippen molar-refractivity contribution in [3.8, 4) is 11.3 Å². The number of nitrogens with one attached hydrogen (secondary N) is 3. The van der Waals surface area contributed by atoms with Crippen molar-refractivity contribution in [2.45, 2.75) is 0 Å². The molecular formula is C19H15N7. The van der Waals surface area contributed by atoms with E-state index >= 15 is 0 Å². The van der Waals surface area contributed by atoms with Crippen LogP contribution in [0.2, 0.25) is 0 Å². The van der Waals surface area contributed by atoms with Crippen LogP contribution >= 0.6 is 0 Å². The number of hydrogen-bond donors (Lipinski definition) is 4. The number of aromatic amines is 2. The third-order valence-electron chi connectivity index (χ3n) is 4.33. The molecule has 3 heterocycles. The molecule has 5 aromatic rings. The van der Waals surface area contributed by atoms with Gasteiger partial charge in [0, 0.05) is 28.0 Å². The average molecular weight is 341 g/mol. The van der Waals surface area contributed by atoms with Gasteiger partial charge in [0.2, 0.25) is 0 Å². The molecule has 0 aliphatic heterocycles. The third kappa shape index (κ3) is 2.42. The number of aromatic nitrogens is 5. The first-order chi connectivity index (χ1) is 12.8. The van der Waals surface area contributed by atoms with Gasteiger partial charge in [-0.05, 0) is 36.4 Å². The van der Waals surface area contributed by atoms with E-state index in [9.17, 15) is 0 Å². The molecule has 5 N–H and O–H groups in total. The van der Waals surface area contributed by atoms with Gasteiger partial charge in [0.25, 0.3) is 0 Å². The number of fused-ring (bicyclic) bond motifs is 2. The summed E-state index contributed by atoms with van der Waals surface area (Å²) in [5.74, 6) is 0.736. The molecule has 0 unspecified atom stereocenters. The molecule has 7 nitrogen and oxygen atoms in total. The Balaban J connectivity index is 1.57. The second kappa shape index (κ2) is 5.59. The van der Waals surface area contributed by atoms with Crippen LogP contribution in [0.3, 0.4) is 0 Å². The Labute approximate surface area is 148 Å². The predicted molar refractivity (Wildman–Crippen MR) is 103 cm³/mol. The van der Waals surface area contributed by atoms with E-state index in [1.807, 2.05) is 48.5 Å². The van der Waals surface area contributed by atoms with E-state index in [0.29, 0.717) is 0 Å². The van der Waals surface area contributed by atoms with Gasteiger partial charge in [0.15, 0.2) is 0 Å². The maximum Gasteiger partial charge on any atom is 0.143 e. The average Bonchev–Trinajstić information content (AvgIpc) is 3.28. The lowest BCUT2D eigenvalue weighted by atomic mass is 10.1. The normalized spacial score (nSPS) is 11.2. The van der Waals surface area contributed by atoms with E-state index in [1.165, 1.54) is 0 Å². The molecule has 7 heteroatoms. The fourth-order valence-corrected chi connectivity index (χ4v) is 3.05. The molecule has 0 atom stereocenters. The van der Waals surface area contributed by atoms with Crippen LogP contribution in [0.25, 0.3) is 33.2 Å². The van der Waals surface area contributed by atoms with Crippen LogP contribution in [0, 0.1) is 0 Å². The molecule has 3 aromatic heterocycles. The number of benzene rings is 2. The van der Waals surface area contributed by atoms with Gasteiger partial charge in [-0.15, -0.1) is 0 Å². The van der Waals surface area contributed by atoms with E-state index in [1.54, 1.807) is 12.5 Å². The summed E-state index contributed by atoms with van der Waals surface area (Å²) in [7, 11) is 0. The van der Waals surface area contributed by atoms with Gasteiger partial charge in [-0.25, -0.2) is 9.97 Å². The van der Waals surface area contributed by atoms with Crippen LogP contribution < -0.4 is 11.1 Å². The van der Waals surface area contributed by atoms with Crippen LogP contribution in [-0.4, -0.2) is 25.1 Å². The van der Waals surface area contributed by atoms with Crippen LogP contribution in [0.1, 0.15) is 0 Å². The predicted octanol–water partition coefficient (Wildman–Crippen LogP) is 3.83. The summed E-state index contributed by atoms with van der Waals surface area (Å²) >= 11 is 0. The quantitative estimate of drug-likeness (QED) is 0.373. The number of nitrogens with two attached hydrogens (primary N) is 1. The van der Waals surface area contributed by atoms with Gasteiger partial charge in [-0.2, -0.15) is 5.10 Å². The van der Waals surface area contributed by atoms with E-state index in [4.69, 9.17) is 5.73 Å². The van der Waals surface area contributed by atoms with E-state index in [0.717, 1.165) is 50.4 Å². The Morgan fingerprint density at radius 3 is 2.88 bits per heavy atom. The lowest BCUT2D eigenvalue weighted by molar-refractivity contribution is 1.12. The van der Waals surface area contributed by atoms with Crippen molar-refractivity contribution in [3.05, 3.63) is 61.1 Å². The molecule has 0 spiro atoms. The van der Waals surface area contributed by atoms with Crippen LogP contribution in [0.5, 0.6) is 0 Å². The molecule has 0 bridgehead atoms. The summed E-state index contributed by atoms with van der Waals surface area (Å²) in [6, 6.07) is 15.8. The summed E-state index contributed by atoms with van der Waals surface area (Å²) in [4.78, 5) is 12.1. The molecule has 0 saturated heterocycles. The molecule has 0 fully saturated rings. The Morgan fingerprint density at radius 2 is 1.96 bits per heavy atom. The zero-order valence-electron chi connectivity index (χ0n) is 13.7. The van der Waals surface area contributed by atoms with Crippen molar-refractivity contribution in [2.75, 3.05) is 11.1 Å². The zero-order chi connectivity index (χ0) is 17.5. The Bertz CT molecular complexity index is 1240. The van der Waals surface area contributed by atoms with Crippen molar-refractivity contribution < 1.29 is 0 Å². The number of hydrogen-bond acceptors (Lipinski definition) is 5. The van der Waals surface area contributed by atoms with E-state index < -0.39 is 0 Å². The van der Waals surface area contributed by atoms with Gasteiger partial charge in [-0.1, -0.05) is 12.1 Å². The molecule has 0 amide bonds. The molecule has 0 radical (unpaired) electrons. The molecule has 126 valence electrons. The second-order valence-electron chi connectivity index (χ2n) is 6.09. The maximum absolute atomic E-state index is 5.90. The highest BCUT2D eigenvalue weighted by Crippen LogP contribution is 2.29. The zero-order valence-corrected chi connectivity index (χ0v) is 13.7. The fourth-order valence-electron chi connectivity index (χ4n) is 3.05. The Morgan fingerprint density at radius 1 is 1.00 bits per heavy atom. The van der Waals surface area contributed by atoms with Crippen molar-refractivity contribution in [3.63, 3.8) is 0 Å². The highest BCUT2D eigenvalue weighted by Gasteiger charge is 2.10. The lowest BCUT2D eigenvalue weighted by Crippen LogP contribution is -1.94. The van der Waals surface area contributed by atoms with E-state index in [2.05, 4.69) is 30.5 Å². The minimum absolute atomic E-state index is 0.721. The topological polar surface area (TPSA) is 108 Å². The highest BCUT2D eigenvalue weighted by molar-refractivity contribution is 5.94. The number of nitrogens with zero attached hydrogens (tertiary/aromatic N) is 3. The second-order valence-corrected chi connectivity index (χ2v) is 6.09. The van der Waals surface area contributed by atoms with Gasteiger partial charge in [-0.3, -0.25) is 5.10 Å². The SMILES string of the molecule is Nc1cccc(-c2cc3c(Nc4ccc5cn[nH]c5c4)ncnc3[nH]2)c1. The van der Waals surface area contributed by atoms with Crippen molar-refractivity contribution >= 4 is 39.1 Å². The largest absolute Gasteiger partial charge is 0.399 e. The summed E-state index contributed by atoms with van der Waals surface area (Å²) in [6.45, 7) is 0. The van der Waals surface area contributed by atoms with Crippen molar-refractivity contribution in [1.82, 2.24) is 25.1 Å².